The van der Waals surface area contributed by atoms with Crippen molar-refractivity contribution in [2.24, 2.45) is 0 Å². The van der Waals surface area contributed by atoms with E-state index in [-0.39, 0.29) is 22.9 Å². The van der Waals surface area contributed by atoms with Crippen molar-refractivity contribution in [3.8, 4) is 11.5 Å². The van der Waals surface area contributed by atoms with Gasteiger partial charge in [-0.1, -0.05) is 9.35 Å². The second kappa shape index (κ2) is 7.71. The van der Waals surface area contributed by atoms with E-state index < -0.39 is 17.4 Å². The highest BCUT2D eigenvalue weighted by molar-refractivity contribution is 7.52. The quantitative estimate of drug-likeness (QED) is 0.294. The van der Waals surface area contributed by atoms with Crippen LogP contribution in [0.4, 0.5) is 11.4 Å². The largest absolute Gasteiger partial charge is 0.402 e. The predicted molar refractivity (Wildman–Crippen MR) is 83.1 cm³/mol. The average molecular weight is 370 g/mol. The fraction of sp³-hybridized carbons (Fsp3) is 0.0769. The Balaban J connectivity index is 1.87. The lowest BCUT2D eigenvalue weighted by molar-refractivity contribution is -0.385. The summed E-state index contributed by atoms with van der Waals surface area (Å²) in [7, 11) is -3.80. The predicted octanol–water partition coefficient (Wildman–Crippen LogP) is 3.65. The second-order valence-electron chi connectivity index (χ2n) is 4.59. The molecule has 2 aromatic rings. The Bertz CT molecular complexity index is 742. The first kappa shape index (κ1) is 18.3. The Morgan fingerprint density at radius 2 is 1.08 bits per heavy atom. The maximum Gasteiger partial charge on any atom is 0.402 e. The molecule has 0 saturated carbocycles. The molecule has 0 aromatic heterocycles. The lowest BCUT2D eigenvalue weighted by atomic mass is 10.3. The third kappa shape index (κ3) is 5.53. The molecule has 0 aliphatic rings. The lowest BCUT2D eigenvalue weighted by Gasteiger charge is -2.12. The van der Waals surface area contributed by atoms with Crippen LogP contribution in [0.3, 0.4) is 0 Å². The van der Waals surface area contributed by atoms with E-state index in [9.17, 15) is 24.8 Å². The zero-order chi connectivity index (χ0) is 18.4. The van der Waals surface area contributed by atoms with Crippen molar-refractivity contribution >= 4 is 19.0 Å². The van der Waals surface area contributed by atoms with Gasteiger partial charge in [-0.25, -0.2) is 0 Å². The van der Waals surface area contributed by atoms with E-state index in [2.05, 4.69) is 9.35 Å². The number of hydrogen-bond acceptors (Lipinski definition) is 9. The highest BCUT2D eigenvalue weighted by Gasteiger charge is 2.23. The molecular formula is C13H11N2O9P. The van der Waals surface area contributed by atoms with Crippen LogP contribution in [0.15, 0.2) is 48.5 Å². The van der Waals surface area contributed by atoms with E-state index >= 15 is 0 Å². The molecule has 25 heavy (non-hydrogen) atoms. The van der Waals surface area contributed by atoms with Crippen LogP contribution in [0, 0.1) is 20.2 Å². The first-order valence-electron chi connectivity index (χ1n) is 6.56. The van der Waals surface area contributed by atoms with E-state index in [0.29, 0.717) is 0 Å². The van der Waals surface area contributed by atoms with Gasteiger partial charge in [0.25, 0.3) is 11.4 Å². The van der Waals surface area contributed by atoms with Gasteiger partial charge >= 0.3 is 7.60 Å². The molecule has 0 heterocycles. The maximum atomic E-state index is 12.0. The molecule has 11 nitrogen and oxygen atoms in total. The highest BCUT2D eigenvalue weighted by Crippen LogP contribution is 2.44. The highest BCUT2D eigenvalue weighted by atomic mass is 31.2. The van der Waals surface area contributed by atoms with Gasteiger partial charge in [-0.2, -0.15) is 0 Å². The first-order valence-corrected chi connectivity index (χ1v) is 8.55. The molecule has 0 amide bonds. The molecule has 0 aliphatic heterocycles. The number of benzene rings is 2. The minimum absolute atomic E-state index is 0.0617. The van der Waals surface area contributed by atoms with Crippen molar-refractivity contribution < 1.29 is 33.5 Å². The maximum absolute atomic E-state index is 12.0. The first-order chi connectivity index (χ1) is 11.8. The molecule has 0 saturated heterocycles. The average Bonchev–Trinajstić information content (AvgIpc) is 2.59. The number of nitro groups is 2. The Morgan fingerprint density at radius 3 is 1.36 bits per heavy atom. The summed E-state index contributed by atoms with van der Waals surface area (Å²) in [6, 6.07) is 9.68. The summed E-state index contributed by atoms with van der Waals surface area (Å²) in [6.45, 7) is 1.06. The Morgan fingerprint density at radius 1 is 0.760 bits per heavy atom. The van der Waals surface area contributed by atoms with Crippen molar-refractivity contribution in [2.75, 3.05) is 6.66 Å². The standard InChI is InChI=1S/C13H11N2O9P/c1-25(20,23-21-12-6-2-10(3-7-12)14(16)17)24-22-13-8-4-11(5-9-13)15(18)19/h2-9H,1H3. The van der Waals surface area contributed by atoms with Crippen LogP contribution in [0.1, 0.15) is 0 Å². The fourth-order valence-corrected chi connectivity index (χ4v) is 1.95. The van der Waals surface area contributed by atoms with Gasteiger partial charge in [-0.15, -0.1) is 0 Å². The van der Waals surface area contributed by atoms with Gasteiger partial charge in [0.05, 0.1) is 9.85 Å². The Kier molecular flexibility index (Phi) is 5.65. The second-order valence-corrected chi connectivity index (χ2v) is 6.43. The topological polar surface area (TPSA) is 140 Å². The van der Waals surface area contributed by atoms with Crippen LogP contribution in [0.25, 0.3) is 0 Å². The molecule has 0 radical (unpaired) electrons. The molecule has 2 rings (SSSR count). The summed E-state index contributed by atoms with van der Waals surface area (Å²) in [6.07, 6.45) is 0. The van der Waals surface area contributed by atoms with Gasteiger partial charge in [0, 0.05) is 30.9 Å². The van der Waals surface area contributed by atoms with E-state index in [1.165, 1.54) is 48.5 Å². The summed E-state index contributed by atoms with van der Waals surface area (Å²) in [4.78, 5) is 29.4. The molecule has 0 fully saturated rings. The molecule has 2 aromatic carbocycles. The normalized spacial score (nSPS) is 10.9. The van der Waals surface area contributed by atoms with Gasteiger partial charge in [0.15, 0.2) is 11.5 Å². The number of nitrogens with zero attached hydrogens (tertiary/aromatic N) is 2. The molecule has 0 bridgehead atoms. The van der Waals surface area contributed by atoms with Gasteiger partial charge in [-0.3, -0.25) is 24.8 Å². The van der Waals surface area contributed by atoms with Crippen molar-refractivity contribution in [2.45, 2.75) is 0 Å². The smallest absolute Gasteiger partial charge is 0.329 e. The van der Waals surface area contributed by atoms with Crippen LogP contribution in [0.2, 0.25) is 0 Å². The molecule has 0 unspecified atom stereocenters. The summed E-state index contributed by atoms with van der Waals surface area (Å²) in [5.74, 6) is 0.123. The summed E-state index contributed by atoms with van der Waals surface area (Å²) >= 11 is 0. The third-order valence-corrected chi connectivity index (χ3v) is 3.32. The van der Waals surface area contributed by atoms with E-state index in [0.717, 1.165) is 6.66 Å². The Hall–Kier alpha value is -3.01. The van der Waals surface area contributed by atoms with Crippen LogP contribution >= 0.6 is 7.60 Å². The van der Waals surface area contributed by atoms with Crippen LogP contribution < -0.4 is 9.78 Å². The third-order valence-electron chi connectivity index (χ3n) is 2.63. The summed E-state index contributed by atoms with van der Waals surface area (Å²) in [5.41, 5.74) is -0.297. The summed E-state index contributed by atoms with van der Waals surface area (Å²) in [5, 5.41) is 21.0. The van der Waals surface area contributed by atoms with E-state index in [1.807, 2.05) is 0 Å². The monoisotopic (exact) mass is 370 g/mol. The van der Waals surface area contributed by atoms with Crippen molar-refractivity contribution in [3.05, 3.63) is 68.8 Å². The fourth-order valence-electron chi connectivity index (χ4n) is 1.48. The van der Waals surface area contributed by atoms with E-state index in [1.54, 1.807) is 0 Å². The summed E-state index contributed by atoms with van der Waals surface area (Å²) < 4.78 is 21.3. The molecule has 132 valence electrons. The van der Waals surface area contributed by atoms with Crippen LogP contribution in [0.5, 0.6) is 11.5 Å². The molecule has 0 atom stereocenters. The zero-order valence-corrected chi connectivity index (χ0v) is 13.5. The zero-order valence-electron chi connectivity index (χ0n) is 12.6. The van der Waals surface area contributed by atoms with Crippen LogP contribution in [-0.4, -0.2) is 16.5 Å². The number of rotatable bonds is 8. The Labute approximate surface area is 140 Å². The number of nitro benzene ring substituents is 2. The van der Waals surface area contributed by atoms with Crippen LogP contribution in [-0.2, 0) is 13.9 Å². The molecule has 0 aliphatic carbocycles. The van der Waals surface area contributed by atoms with Crippen molar-refractivity contribution in [1.29, 1.82) is 0 Å². The number of hydrogen-bond donors (Lipinski definition) is 0. The molecule has 0 N–H and O–H groups in total. The SMILES string of the molecule is CP(=O)(OOc1ccc([N+](=O)[O-])cc1)OOc1ccc([N+](=O)[O-])cc1. The van der Waals surface area contributed by atoms with Crippen molar-refractivity contribution in [3.63, 3.8) is 0 Å². The number of non-ortho nitro benzene ring substituents is 2. The van der Waals surface area contributed by atoms with E-state index in [4.69, 9.17) is 9.78 Å². The van der Waals surface area contributed by atoms with Gasteiger partial charge in [0.1, 0.15) is 0 Å². The molecule has 0 spiro atoms. The minimum Gasteiger partial charge on any atom is -0.329 e. The molecule has 12 heteroatoms. The van der Waals surface area contributed by atoms with Crippen molar-refractivity contribution in [1.82, 2.24) is 0 Å². The van der Waals surface area contributed by atoms with Gasteiger partial charge in [-0.05, 0) is 24.3 Å². The van der Waals surface area contributed by atoms with Gasteiger partial charge in [0.2, 0.25) is 0 Å². The minimum atomic E-state index is -3.80. The van der Waals surface area contributed by atoms with Gasteiger partial charge < -0.3 is 9.78 Å². The lowest BCUT2D eigenvalue weighted by Crippen LogP contribution is -2.01. The molecular weight excluding hydrogens is 359 g/mol.